The van der Waals surface area contributed by atoms with Gasteiger partial charge in [-0.2, -0.15) is 13.9 Å². The second-order valence-corrected chi connectivity index (χ2v) is 4.18. The number of ether oxygens (including phenoxy) is 1. The molecule has 0 fully saturated rings. The molecule has 0 aromatic carbocycles. The zero-order valence-corrected chi connectivity index (χ0v) is 10.0. The molecule has 80 valence electrons. The van der Waals surface area contributed by atoms with E-state index in [9.17, 15) is 8.78 Å². The van der Waals surface area contributed by atoms with Gasteiger partial charge in [-0.3, -0.25) is 0 Å². The number of rotatable bonds is 4. The lowest BCUT2D eigenvalue weighted by Gasteiger charge is -2.09. The molecule has 0 bridgehead atoms. The van der Waals surface area contributed by atoms with Crippen molar-refractivity contribution in [2.45, 2.75) is 33.1 Å². The molecule has 1 aromatic heterocycles. The minimum Gasteiger partial charge on any atom is -0.372 e. The minimum atomic E-state index is -2.61. The van der Waals surface area contributed by atoms with Crippen LogP contribution in [0.25, 0.3) is 0 Å². The lowest BCUT2D eigenvalue weighted by atomic mass is 10.4. The summed E-state index contributed by atoms with van der Waals surface area (Å²) in [7, 11) is 0. The highest BCUT2D eigenvalue weighted by Crippen LogP contribution is 2.19. The first kappa shape index (κ1) is 11.8. The van der Waals surface area contributed by atoms with Gasteiger partial charge in [0.05, 0.1) is 28.2 Å². The van der Waals surface area contributed by atoms with E-state index < -0.39 is 6.55 Å². The van der Waals surface area contributed by atoms with E-state index in [1.807, 2.05) is 36.4 Å². The van der Waals surface area contributed by atoms with Crippen LogP contribution >= 0.6 is 22.6 Å². The summed E-state index contributed by atoms with van der Waals surface area (Å²) in [6.07, 6.45) is 1.43. The van der Waals surface area contributed by atoms with Crippen molar-refractivity contribution in [1.29, 1.82) is 0 Å². The Hall–Kier alpha value is -0.240. The Morgan fingerprint density at radius 1 is 1.57 bits per heavy atom. The number of nitrogens with zero attached hydrogens (tertiary/aromatic N) is 2. The van der Waals surface area contributed by atoms with E-state index in [1.54, 1.807) is 0 Å². The molecule has 1 heterocycles. The zero-order valence-electron chi connectivity index (χ0n) is 7.88. The van der Waals surface area contributed by atoms with Crippen LogP contribution < -0.4 is 0 Å². The van der Waals surface area contributed by atoms with Crippen molar-refractivity contribution in [3.8, 4) is 0 Å². The third-order valence-electron chi connectivity index (χ3n) is 1.59. The van der Waals surface area contributed by atoms with Gasteiger partial charge in [0.1, 0.15) is 0 Å². The maximum atomic E-state index is 12.4. The Morgan fingerprint density at radius 2 is 2.21 bits per heavy atom. The van der Waals surface area contributed by atoms with E-state index in [0.29, 0.717) is 13.9 Å². The summed E-state index contributed by atoms with van der Waals surface area (Å²) in [6.45, 7) is 1.27. The van der Waals surface area contributed by atoms with Gasteiger partial charge < -0.3 is 4.74 Å². The smallest absolute Gasteiger partial charge is 0.333 e. The Bertz CT molecular complexity index is 302. The monoisotopic (exact) mass is 316 g/mol. The van der Waals surface area contributed by atoms with E-state index in [4.69, 9.17) is 4.74 Å². The van der Waals surface area contributed by atoms with E-state index in [0.717, 1.165) is 0 Å². The minimum absolute atomic E-state index is 0.0202. The standard InChI is InChI=1S/C8H11F2IN2O/c1-5(2)14-4-7-6(11)3-12-13(7)8(9)10/h3,5,8H,4H2,1-2H3. The third-order valence-corrected chi connectivity index (χ3v) is 2.49. The highest BCUT2D eigenvalue weighted by molar-refractivity contribution is 14.1. The van der Waals surface area contributed by atoms with Crippen molar-refractivity contribution in [3.05, 3.63) is 15.5 Å². The number of hydrogen-bond donors (Lipinski definition) is 0. The van der Waals surface area contributed by atoms with Crippen LogP contribution in [0.2, 0.25) is 0 Å². The molecule has 1 rings (SSSR count). The molecule has 0 saturated heterocycles. The molecule has 3 nitrogen and oxygen atoms in total. The van der Waals surface area contributed by atoms with Gasteiger partial charge in [0, 0.05) is 0 Å². The largest absolute Gasteiger partial charge is 0.372 e. The maximum Gasteiger partial charge on any atom is 0.333 e. The summed E-state index contributed by atoms with van der Waals surface area (Å²) in [5.41, 5.74) is 0.425. The molecule has 0 aliphatic rings. The third kappa shape index (κ3) is 2.88. The normalized spacial score (nSPS) is 11.6. The van der Waals surface area contributed by atoms with Gasteiger partial charge in [-0.15, -0.1) is 0 Å². The zero-order chi connectivity index (χ0) is 10.7. The van der Waals surface area contributed by atoms with Crippen LogP contribution in [0.4, 0.5) is 8.78 Å². The Balaban J connectivity index is 2.77. The van der Waals surface area contributed by atoms with Gasteiger partial charge in [-0.1, -0.05) is 0 Å². The van der Waals surface area contributed by atoms with Crippen LogP contribution in [0.3, 0.4) is 0 Å². The van der Waals surface area contributed by atoms with Crippen molar-refractivity contribution >= 4 is 22.6 Å². The number of halogens is 3. The first-order valence-corrected chi connectivity index (χ1v) is 5.22. The second-order valence-electron chi connectivity index (χ2n) is 3.02. The van der Waals surface area contributed by atoms with Crippen LogP contribution in [0.1, 0.15) is 26.1 Å². The molecular formula is C8H11F2IN2O. The van der Waals surface area contributed by atoms with Crippen molar-refractivity contribution in [2.24, 2.45) is 0 Å². The van der Waals surface area contributed by atoms with Crippen molar-refractivity contribution in [1.82, 2.24) is 9.78 Å². The summed E-state index contributed by atoms with van der Waals surface area (Å²) in [5, 5.41) is 3.57. The highest BCUT2D eigenvalue weighted by atomic mass is 127. The molecule has 1 aromatic rings. The Labute approximate surface area is 94.6 Å². The van der Waals surface area contributed by atoms with E-state index in [1.165, 1.54) is 6.20 Å². The fourth-order valence-electron chi connectivity index (χ4n) is 0.915. The van der Waals surface area contributed by atoms with Crippen molar-refractivity contribution in [3.63, 3.8) is 0 Å². The average Bonchev–Trinajstić information content (AvgIpc) is 2.43. The fraction of sp³-hybridized carbons (Fsp3) is 0.625. The average molecular weight is 316 g/mol. The molecule has 0 N–H and O–H groups in total. The lowest BCUT2D eigenvalue weighted by molar-refractivity contribution is 0.0278. The molecule has 6 heteroatoms. The first-order chi connectivity index (χ1) is 6.52. The summed E-state index contributed by atoms with van der Waals surface area (Å²) >= 11 is 1.96. The second kappa shape index (κ2) is 5.01. The van der Waals surface area contributed by atoms with Crippen molar-refractivity contribution in [2.75, 3.05) is 0 Å². The summed E-state index contributed by atoms with van der Waals surface area (Å²) < 4.78 is 31.5. The molecule has 0 amide bonds. The van der Waals surface area contributed by atoms with Gasteiger partial charge in [0.15, 0.2) is 0 Å². The predicted molar refractivity (Wildman–Crippen MR) is 56.1 cm³/mol. The van der Waals surface area contributed by atoms with Crippen LogP contribution in [0, 0.1) is 3.57 Å². The van der Waals surface area contributed by atoms with Crippen LogP contribution in [0.5, 0.6) is 0 Å². The van der Waals surface area contributed by atoms with Crippen LogP contribution in [0.15, 0.2) is 6.20 Å². The molecule has 14 heavy (non-hydrogen) atoms. The topological polar surface area (TPSA) is 27.1 Å². The quantitative estimate of drug-likeness (QED) is 0.799. The Morgan fingerprint density at radius 3 is 2.71 bits per heavy atom. The molecule has 0 aliphatic heterocycles. The van der Waals surface area contributed by atoms with Gasteiger partial charge in [-0.05, 0) is 36.4 Å². The first-order valence-electron chi connectivity index (χ1n) is 4.14. The SMILES string of the molecule is CC(C)OCc1c(I)cnn1C(F)F. The van der Waals surface area contributed by atoms with Crippen LogP contribution in [-0.2, 0) is 11.3 Å². The number of aromatic nitrogens is 2. The van der Waals surface area contributed by atoms with Gasteiger partial charge in [0.25, 0.3) is 0 Å². The fourth-order valence-corrected chi connectivity index (χ4v) is 1.44. The molecular weight excluding hydrogens is 305 g/mol. The molecule has 0 radical (unpaired) electrons. The molecule has 0 unspecified atom stereocenters. The predicted octanol–water partition coefficient (Wildman–Crippen LogP) is 2.81. The summed E-state index contributed by atoms with van der Waals surface area (Å²) in [4.78, 5) is 0. The Kier molecular flexibility index (Phi) is 4.24. The van der Waals surface area contributed by atoms with Crippen LogP contribution in [-0.4, -0.2) is 15.9 Å². The number of alkyl halides is 2. The van der Waals surface area contributed by atoms with Gasteiger partial charge in [0.2, 0.25) is 0 Å². The van der Waals surface area contributed by atoms with Crippen molar-refractivity contribution < 1.29 is 13.5 Å². The summed E-state index contributed by atoms with van der Waals surface area (Å²) in [6, 6.07) is 0. The molecule has 0 atom stereocenters. The van der Waals surface area contributed by atoms with E-state index in [-0.39, 0.29) is 12.7 Å². The van der Waals surface area contributed by atoms with E-state index >= 15 is 0 Å². The van der Waals surface area contributed by atoms with Gasteiger partial charge >= 0.3 is 6.55 Å². The highest BCUT2D eigenvalue weighted by Gasteiger charge is 2.15. The number of hydrogen-bond acceptors (Lipinski definition) is 2. The molecule has 0 spiro atoms. The van der Waals surface area contributed by atoms with E-state index in [2.05, 4.69) is 5.10 Å². The lowest BCUT2D eigenvalue weighted by Crippen LogP contribution is -2.10. The maximum absolute atomic E-state index is 12.4. The summed E-state index contributed by atoms with van der Waals surface area (Å²) in [5.74, 6) is 0. The molecule has 0 aliphatic carbocycles. The molecule has 0 saturated carbocycles. The van der Waals surface area contributed by atoms with Gasteiger partial charge in [-0.25, -0.2) is 4.68 Å².